The number of nitrogens with one attached hydrogen (secondary N) is 2. The van der Waals surface area contributed by atoms with Crippen molar-refractivity contribution >= 4 is 22.7 Å². The summed E-state index contributed by atoms with van der Waals surface area (Å²) < 4.78 is 78.7. The van der Waals surface area contributed by atoms with Gasteiger partial charge in [0.1, 0.15) is 5.82 Å². The fraction of sp³-hybridized carbons (Fsp3) is 0.481. The summed E-state index contributed by atoms with van der Waals surface area (Å²) in [6, 6.07) is 9.65. The molecule has 0 aliphatic heterocycles. The molecule has 1 aliphatic rings. The van der Waals surface area contributed by atoms with Crippen molar-refractivity contribution in [1.82, 2.24) is 15.3 Å². The van der Waals surface area contributed by atoms with Gasteiger partial charge in [-0.3, -0.25) is 0 Å². The van der Waals surface area contributed by atoms with E-state index in [-0.39, 0.29) is 18.2 Å². The second kappa shape index (κ2) is 11.3. The van der Waals surface area contributed by atoms with Gasteiger partial charge in [-0.25, -0.2) is 4.98 Å². The zero-order valence-corrected chi connectivity index (χ0v) is 21.3. The van der Waals surface area contributed by atoms with Crippen LogP contribution >= 0.6 is 0 Å². The van der Waals surface area contributed by atoms with Crippen molar-refractivity contribution in [2.75, 3.05) is 37.4 Å². The maximum atomic E-state index is 13.4. The number of hydrogen-bond donors (Lipinski definition) is 2. The summed E-state index contributed by atoms with van der Waals surface area (Å²) >= 11 is 0. The Kier molecular flexibility index (Phi) is 8.34. The summed E-state index contributed by atoms with van der Waals surface area (Å²) in [5.74, 6) is 2.14. The summed E-state index contributed by atoms with van der Waals surface area (Å²) in [5.41, 5.74) is -1.86. The maximum Gasteiger partial charge on any atom is 0.416 e. The predicted molar refractivity (Wildman–Crippen MR) is 136 cm³/mol. The fourth-order valence-corrected chi connectivity index (χ4v) is 4.94. The number of aromatic nitrogens is 2. The minimum atomic E-state index is -4.86. The number of nitrogens with zero attached hydrogens (tertiary/aromatic N) is 3. The van der Waals surface area contributed by atoms with Crippen LogP contribution in [0.1, 0.15) is 42.4 Å². The first-order valence-corrected chi connectivity index (χ1v) is 12.6. The van der Waals surface area contributed by atoms with E-state index in [4.69, 9.17) is 0 Å². The summed E-state index contributed by atoms with van der Waals surface area (Å²) in [6.07, 6.45) is -5.93. The lowest BCUT2D eigenvalue weighted by Crippen LogP contribution is -2.29. The molecule has 0 amide bonds. The molecule has 3 aromatic rings. The van der Waals surface area contributed by atoms with Crippen molar-refractivity contribution in [2.24, 2.45) is 11.8 Å². The number of hydrogen-bond acceptors (Lipinski definition) is 5. The van der Waals surface area contributed by atoms with Crippen LogP contribution in [0.5, 0.6) is 0 Å². The molecule has 1 aliphatic carbocycles. The maximum absolute atomic E-state index is 13.4. The van der Waals surface area contributed by atoms with Gasteiger partial charge in [-0.2, -0.15) is 31.3 Å². The van der Waals surface area contributed by atoms with Crippen molar-refractivity contribution in [3.05, 3.63) is 59.2 Å². The molecule has 38 heavy (non-hydrogen) atoms. The van der Waals surface area contributed by atoms with E-state index >= 15 is 0 Å². The smallest absolute Gasteiger partial charge is 0.362 e. The van der Waals surface area contributed by atoms with Gasteiger partial charge in [-0.05, 0) is 73.9 Å². The molecule has 2 N–H and O–H groups in total. The van der Waals surface area contributed by atoms with E-state index < -0.39 is 23.5 Å². The van der Waals surface area contributed by atoms with E-state index in [2.05, 4.69) is 20.6 Å². The molecule has 1 saturated carbocycles. The predicted octanol–water partition coefficient (Wildman–Crippen LogP) is 6.74. The number of anilines is 2. The van der Waals surface area contributed by atoms with Gasteiger partial charge in [0.2, 0.25) is 5.95 Å². The van der Waals surface area contributed by atoms with Crippen molar-refractivity contribution in [3.63, 3.8) is 0 Å². The van der Waals surface area contributed by atoms with Gasteiger partial charge >= 0.3 is 12.4 Å². The van der Waals surface area contributed by atoms with E-state index in [1.807, 2.05) is 43.3 Å². The van der Waals surface area contributed by atoms with E-state index in [0.29, 0.717) is 30.4 Å². The first-order chi connectivity index (χ1) is 17.9. The standard InChI is InChI=1S/C27H31F6N5/c1-38(2)24-21-5-3-4-6-23(21)36-25(37-24)35-15-18-9-7-17(8-10-18)14-34-16-19-11-12-20(26(28,29)30)13-22(19)27(31,32)33/h3-6,11-13,17-18,34H,7-10,14-16H2,1-2H3,(H,35,36,37). The van der Waals surface area contributed by atoms with Crippen LogP contribution in [-0.2, 0) is 18.9 Å². The number of rotatable bonds is 8. The third kappa shape index (κ3) is 6.86. The van der Waals surface area contributed by atoms with Crippen LogP contribution in [0, 0.1) is 11.8 Å². The van der Waals surface area contributed by atoms with Gasteiger partial charge in [0.15, 0.2) is 0 Å². The minimum absolute atomic E-state index is 0.137. The van der Waals surface area contributed by atoms with Crippen molar-refractivity contribution in [2.45, 2.75) is 44.6 Å². The molecule has 0 bridgehead atoms. The molecule has 206 valence electrons. The highest BCUT2D eigenvalue weighted by molar-refractivity contribution is 5.90. The molecule has 1 fully saturated rings. The van der Waals surface area contributed by atoms with Gasteiger partial charge in [-0.1, -0.05) is 18.2 Å². The molecule has 5 nitrogen and oxygen atoms in total. The van der Waals surface area contributed by atoms with Crippen molar-refractivity contribution < 1.29 is 26.3 Å². The molecule has 1 aromatic heterocycles. The van der Waals surface area contributed by atoms with E-state index in [9.17, 15) is 26.3 Å². The second-order valence-electron chi connectivity index (χ2n) is 10.0. The van der Waals surface area contributed by atoms with Crippen LogP contribution in [-0.4, -0.2) is 37.2 Å². The SMILES string of the molecule is CN(C)c1nc(NCC2CCC(CNCc3ccc(C(F)(F)F)cc3C(F)(F)F)CC2)nc2ccccc12. The average molecular weight is 540 g/mol. The van der Waals surface area contributed by atoms with Crippen molar-refractivity contribution in [3.8, 4) is 0 Å². The summed E-state index contributed by atoms with van der Waals surface area (Å²) in [7, 11) is 3.88. The molecule has 2 aromatic carbocycles. The van der Waals surface area contributed by atoms with Gasteiger partial charge in [-0.15, -0.1) is 0 Å². The quantitative estimate of drug-likeness (QED) is 0.311. The first-order valence-electron chi connectivity index (χ1n) is 12.6. The van der Waals surface area contributed by atoms with Crippen LogP contribution in [0.2, 0.25) is 0 Å². The summed E-state index contributed by atoms with van der Waals surface area (Å²) in [5, 5.41) is 7.37. The highest BCUT2D eigenvalue weighted by atomic mass is 19.4. The van der Waals surface area contributed by atoms with Crippen LogP contribution in [0.15, 0.2) is 42.5 Å². The molecular formula is C27H31F6N5. The number of benzene rings is 2. The highest BCUT2D eigenvalue weighted by Crippen LogP contribution is 2.37. The highest BCUT2D eigenvalue weighted by Gasteiger charge is 2.38. The average Bonchev–Trinajstić information content (AvgIpc) is 2.86. The molecule has 0 radical (unpaired) electrons. The molecule has 0 unspecified atom stereocenters. The Morgan fingerprint density at radius 2 is 1.50 bits per heavy atom. The Morgan fingerprint density at radius 3 is 2.13 bits per heavy atom. The Morgan fingerprint density at radius 1 is 0.842 bits per heavy atom. The normalized spacial score (nSPS) is 18.5. The number of halogens is 6. The fourth-order valence-electron chi connectivity index (χ4n) is 4.94. The third-order valence-electron chi connectivity index (χ3n) is 7.01. The molecule has 0 atom stereocenters. The lowest BCUT2D eigenvalue weighted by Gasteiger charge is -2.29. The van der Waals surface area contributed by atoms with E-state index in [1.165, 1.54) is 0 Å². The third-order valence-corrected chi connectivity index (χ3v) is 7.01. The van der Waals surface area contributed by atoms with Crippen LogP contribution in [0.3, 0.4) is 0 Å². The zero-order valence-electron chi connectivity index (χ0n) is 21.3. The van der Waals surface area contributed by atoms with Crippen LogP contribution in [0.25, 0.3) is 10.9 Å². The number of fused-ring (bicyclic) bond motifs is 1. The first kappa shape index (κ1) is 27.9. The minimum Gasteiger partial charge on any atom is -0.362 e. The lowest BCUT2D eigenvalue weighted by atomic mass is 9.82. The summed E-state index contributed by atoms with van der Waals surface area (Å²) in [6.45, 7) is 1.10. The summed E-state index contributed by atoms with van der Waals surface area (Å²) in [4.78, 5) is 11.2. The molecule has 1 heterocycles. The number of para-hydroxylation sites is 1. The number of alkyl halides is 6. The van der Waals surface area contributed by atoms with Crippen LogP contribution in [0.4, 0.5) is 38.1 Å². The zero-order chi connectivity index (χ0) is 27.5. The Labute approximate surface area is 217 Å². The molecule has 4 rings (SSSR count). The second-order valence-corrected chi connectivity index (χ2v) is 10.0. The van der Waals surface area contributed by atoms with E-state index in [1.54, 1.807) is 0 Å². The van der Waals surface area contributed by atoms with Crippen molar-refractivity contribution in [1.29, 1.82) is 0 Å². The van der Waals surface area contributed by atoms with Gasteiger partial charge < -0.3 is 15.5 Å². The van der Waals surface area contributed by atoms with Gasteiger partial charge in [0.05, 0.1) is 16.6 Å². The lowest BCUT2D eigenvalue weighted by molar-refractivity contribution is -0.143. The van der Waals surface area contributed by atoms with Crippen LogP contribution < -0.4 is 15.5 Å². The molecular weight excluding hydrogens is 508 g/mol. The Bertz CT molecular complexity index is 1230. The topological polar surface area (TPSA) is 53.1 Å². The monoisotopic (exact) mass is 539 g/mol. The molecule has 0 spiro atoms. The van der Waals surface area contributed by atoms with Gasteiger partial charge in [0, 0.05) is 32.6 Å². The molecule has 11 heteroatoms. The van der Waals surface area contributed by atoms with Gasteiger partial charge in [0.25, 0.3) is 0 Å². The molecule has 0 saturated heterocycles. The Hall–Kier alpha value is -3.08. The van der Waals surface area contributed by atoms with E-state index in [0.717, 1.165) is 55.0 Å². The Balaban J connectivity index is 1.27. The largest absolute Gasteiger partial charge is 0.416 e.